The summed E-state index contributed by atoms with van der Waals surface area (Å²) < 4.78 is 0. The highest BCUT2D eigenvalue weighted by atomic mass is 32.2. The number of rotatable bonds is 7. The largest absolute Gasteiger partial charge is 0.480 e. The molecule has 0 amide bonds. The maximum atomic E-state index is 10.9. The molecular formula is C8H15N3O4S. The number of hydrogen-bond donors (Lipinski definition) is 5. The summed E-state index contributed by atoms with van der Waals surface area (Å²) in [5, 5.41) is 19.0. The van der Waals surface area contributed by atoms with Crippen LogP contribution < -0.4 is 17.2 Å². The second kappa shape index (κ2) is 6.36. The third-order valence-electron chi connectivity index (χ3n) is 1.84. The number of aliphatic carboxylic acids is 2. The highest BCUT2D eigenvalue weighted by Gasteiger charge is 2.37. The Balaban J connectivity index is 4.56. The Morgan fingerprint density at radius 2 is 2.00 bits per heavy atom. The molecule has 0 bridgehead atoms. The van der Waals surface area contributed by atoms with E-state index in [-0.39, 0.29) is 12.2 Å². The first-order valence-corrected chi connectivity index (χ1v) is 5.37. The number of hydrogen-bond acceptors (Lipinski definition) is 6. The summed E-state index contributed by atoms with van der Waals surface area (Å²) in [5.74, 6) is -2.57. The number of thioether (sulfide) groups is 1. The van der Waals surface area contributed by atoms with Gasteiger partial charge in [-0.1, -0.05) is 0 Å². The van der Waals surface area contributed by atoms with E-state index in [1.807, 2.05) is 0 Å². The molecule has 8 heteroatoms. The predicted octanol–water partition coefficient (Wildman–Crippen LogP) is -1.27. The van der Waals surface area contributed by atoms with Gasteiger partial charge in [0.1, 0.15) is 11.6 Å². The second-order valence-corrected chi connectivity index (χ2v) is 4.14. The summed E-state index contributed by atoms with van der Waals surface area (Å²) in [6.07, 6.45) is 0.896. The molecule has 16 heavy (non-hydrogen) atoms. The second-order valence-electron chi connectivity index (χ2n) is 3.25. The average Bonchev–Trinajstić information content (AvgIpc) is 2.17. The van der Waals surface area contributed by atoms with E-state index in [1.165, 1.54) is 11.6 Å². The summed E-state index contributed by atoms with van der Waals surface area (Å²) in [6.45, 7) is 0. The van der Waals surface area contributed by atoms with E-state index in [1.54, 1.807) is 0 Å². The summed E-state index contributed by atoms with van der Waals surface area (Å²) in [4.78, 5) is 21.4. The zero-order chi connectivity index (χ0) is 12.8. The monoisotopic (exact) mass is 249 g/mol. The third-order valence-corrected chi connectivity index (χ3v) is 2.87. The van der Waals surface area contributed by atoms with Crippen LogP contribution in [0.4, 0.5) is 0 Å². The Hall–Kier alpha value is -1.25. The molecule has 0 aliphatic carbocycles. The van der Waals surface area contributed by atoms with Gasteiger partial charge in [-0.2, -0.15) is 0 Å². The lowest BCUT2D eigenvalue weighted by Crippen LogP contribution is -2.55. The zero-order valence-corrected chi connectivity index (χ0v) is 9.31. The molecule has 0 unspecified atom stereocenters. The van der Waals surface area contributed by atoms with E-state index in [4.69, 9.17) is 27.4 Å². The Morgan fingerprint density at radius 1 is 1.44 bits per heavy atom. The van der Waals surface area contributed by atoms with Crippen LogP contribution in [0.1, 0.15) is 6.42 Å². The fourth-order valence-corrected chi connectivity index (χ4v) is 1.69. The lowest BCUT2D eigenvalue weighted by molar-refractivity contribution is -0.144. The van der Waals surface area contributed by atoms with Gasteiger partial charge in [0.2, 0.25) is 0 Å². The molecular weight excluding hydrogens is 234 g/mol. The minimum atomic E-state index is -1.68. The van der Waals surface area contributed by atoms with Gasteiger partial charge in [0.05, 0.1) is 0 Å². The van der Waals surface area contributed by atoms with Gasteiger partial charge in [-0.15, -0.1) is 11.8 Å². The number of carboxylic acids is 2. The van der Waals surface area contributed by atoms with Gasteiger partial charge < -0.3 is 27.4 Å². The fourth-order valence-electron chi connectivity index (χ4n) is 0.940. The molecule has 0 fully saturated rings. The van der Waals surface area contributed by atoms with Crippen LogP contribution in [-0.2, 0) is 9.59 Å². The molecule has 7 nitrogen and oxygen atoms in total. The van der Waals surface area contributed by atoms with Gasteiger partial charge in [0, 0.05) is 18.4 Å². The van der Waals surface area contributed by atoms with Crippen molar-refractivity contribution in [2.45, 2.75) is 18.0 Å². The Morgan fingerprint density at radius 3 is 2.38 bits per heavy atom. The predicted molar refractivity (Wildman–Crippen MR) is 60.6 cm³/mol. The van der Waals surface area contributed by atoms with E-state index >= 15 is 0 Å². The molecule has 0 rings (SSSR count). The van der Waals surface area contributed by atoms with Gasteiger partial charge in [0.25, 0.3) is 0 Å². The number of carboxylic acid groups (broad SMARTS) is 2. The molecule has 0 saturated carbocycles. The lowest BCUT2D eigenvalue weighted by Gasteiger charge is -2.25. The molecule has 0 radical (unpaired) electrons. The summed E-state index contributed by atoms with van der Waals surface area (Å²) in [7, 11) is 0. The van der Waals surface area contributed by atoms with Crippen LogP contribution in [0.25, 0.3) is 0 Å². The number of carbonyl (C=O) groups is 2. The quantitative estimate of drug-likeness (QED) is 0.374. The van der Waals surface area contributed by atoms with Crippen molar-refractivity contribution in [3.05, 3.63) is 11.6 Å². The van der Waals surface area contributed by atoms with E-state index in [0.717, 1.165) is 11.8 Å². The molecule has 0 aromatic heterocycles. The molecule has 0 spiro atoms. The van der Waals surface area contributed by atoms with Crippen LogP contribution in [0.2, 0.25) is 0 Å². The van der Waals surface area contributed by atoms with Crippen LogP contribution in [0, 0.1) is 0 Å². The van der Waals surface area contributed by atoms with Crippen molar-refractivity contribution in [2.24, 2.45) is 17.2 Å². The van der Waals surface area contributed by atoms with Crippen molar-refractivity contribution in [1.82, 2.24) is 0 Å². The van der Waals surface area contributed by atoms with Crippen molar-refractivity contribution in [2.75, 3.05) is 5.75 Å². The zero-order valence-electron chi connectivity index (χ0n) is 8.50. The highest BCUT2D eigenvalue weighted by Crippen LogP contribution is 2.17. The standard InChI is InChI=1S/C8H15N3O4S/c9-1-2-16-4-8(11,7(14)15)3-5(10)6(12)13/h1-2,5H,3-4,9-11H2,(H,12,13)(H,14,15)/b2-1-/t5-,8+/m0/s1. The highest BCUT2D eigenvalue weighted by molar-refractivity contribution is 8.02. The van der Waals surface area contributed by atoms with Gasteiger partial charge in [-0.05, 0) is 5.41 Å². The SMILES string of the molecule is N/C=C\SC[C@](N)(C[C@H](N)C(=O)O)C(=O)O. The molecule has 92 valence electrons. The summed E-state index contributed by atoms with van der Waals surface area (Å²) in [5.41, 5.74) is 14.2. The van der Waals surface area contributed by atoms with Gasteiger partial charge in [0.15, 0.2) is 0 Å². The topological polar surface area (TPSA) is 153 Å². The molecule has 2 atom stereocenters. The van der Waals surface area contributed by atoms with E-state index < -0.39 is 23.5 Å². The van der Waals surface area contributed by atoms with Gasteiger partial charge >= 0.3 is 11.9 Å². The van der Waals surface area contributed by atoms with Crippen LogP contribution in [0.3, 0.4) is 0 Å². The van der Waals surface area contributed by atoms with Crippen molar-refractivity contribution < 1.29 is 19.8 Å². The molecule has 0 aromatic rings. The Kier molecular flexibility index (Phi) is 5.86. The first kappa shape index (κ1) is 14.8. The number of nitrogens with two attached hydrogens (primary N) is 3. The molecule has 0 aliphatic heterocycles. The lowest BCUT2D eigenvalue weighted by atomic mass is 9.94. The van der Waals surface area contributed by atoms with Crippen molar-refractivity contribution in [3.63, 3.8) is 0 Å². The Bertz CT molecular complexity index is 297. The van der Waals surface area contributed by atoms with Crippen LogP contribution in [0.15, 0.2) is 11.6 Å². The first-order chi connectivity index (χ1) is 7.33. The molecule has 8 N–H and O–H groups in total. The normalized spacial score (nSPS) is 16.9. The fraction of sp³-hybridized carbons (Fsp3) is 0.500. The van der Waals surface area contributed by atoms with Crippen LogP contribution >= 0.6 is 11.8 Å². The minimum absolute atomic E-state index is 0.00296. The summed E-state index contributed by atoms with van der Waals surface area (Å²) in [6, 6.07) is -1.30. The average molecular weight is 249 g/mol. The maximum absolute atomic E-state index is 10.9. The van der Waals surface area contributed by atoms with Crippen molar-refractivity contribution in [1.29, 1.82) is 0 Å². The Labute approximate surface area is 96.7 Å². The van der Waals surface area contributed by atoms with Crippen LogP contribution in [-0.4, -0.2) is 39.5 Å². The smallest absolute Gasteiger partial charge is 0.324 e. The van der Waals surface area contributed by atoms with Gasteiger partial charge in [-0.25, -0.2) is 0 Å². The first-order valence-electron chi connectivity index (χ1n) is 4.32. The minimum Gasteiger partial charge on any atom is -0.480 e. The third kappa shape index (κ3) is 4.51. The summed E-state index contributed by atoms with van der Waals surface area (Å²) >= 11 is 1.08. The van der Waals surface area contributed by atoms with E-state index in [9.17, 15) is 9.59 Å². The molecule has 0 aliphatic rings. The van der Waals surface area contributed by atoms with Crippen molar-refractivity contribution >= 4 is 23.7 Å². The molecule has 0 saturated heterocycles. The van der Waals surface area contributed by atoms with E-state index in [2.05, 4.69) is 0 Å². The molecule has 0 heterocycles. The molecule has 0 aromatic carbocycles. The van der Waals surface area contributed by atoms with Crippen LogP contribution in [0.5, 0.6) is 0 Å². The van der Waals surface area contributed by atoms with E-state index in [0.29, 0.717) is 0 Å². The maximum Gasteiger partial charge on any atom is 0.324 e. The van der Waals surface area contributed by atoms with Crippen molar-refractivity contribution in [3.8, 4) is 0 Å². The van der Waals surface area contributed by atoms with Gasteiger partial charge in [-0.3, -0.25) is 9.59 Å².